The number of nitrogens with two attached hydrogens (primary N) is 1. The van der Waals surface area contributed by atoms with E-state index in [2.05, 4.69) is 26.4 Å². The van der Waals surface area contributed by atoms with E-state index in [9.17, 15) is 14.0 Å². The fraction of sp³-hybridized carbons (Fsp3) is 0.100. The van der Waals surface area contributed by atoms with Crippen LogP contribution in [0.1, 0.15) is 11.6 Å². The molecular formula is C20H18ClFN8O2. The number of rotatable bonds is 5. The number of urea groups is 1. The number of carbonyl (C=O) groups is 1. The molecule has 0 fully saturated rings. The van der Waals surface area contributed by atoms with Gasteiger partial charge in [-0.05, 0) is 31.2 Å². The Kier molecular flexibility index (Phi) is 5.65. The average molecular weight is 457 g/mol. The summed E-state index contributed by atoms with van der Waals surface area (Å²) in [5.41, 5.74) is 5.38. The summed E-state index contributed by atoms with van der Waals surface area (Å²) < 4.78 is 17.0. The third-order valence-electron chi connectivity index (χ3n) is 4.71. The van der Waals surface area contributed by atoms with Crippen LogP contribution in [0.25, 0.3) is 10.9 Å². The van der Waals surface area contributed by atoms with Gasteiger partial charge < -0.3 is 15.7 Å². The van der Waals surface area contributed by atoms with Crippen molar-refractivity contribution in [1.82, 2.24) is 24.9 Å². The fourth-order valence-electron chi connectivity index (χ4n) is 3.09. The topological polar surface area (TPSA) is 132 Å². The smallest absolute Gasteiger partial charge is 0.337 e. The SMILES string of the molecule is Cc1nnc(Cn2cc(NNC(=O)Nc3ccccc3)c(=O)c3cc(F)c(Cl)cc32)n1N. The van der Waals surface area contributed by atoms with Crippen molar-refractivity contribution >= 4 is 39.9 Å². The quantitative estimate of drug-likeness (QED) is 0.269. The molecule has 2 aromatic carbocycles. The summed E-state index contributed by atoms with van der Waals surface area (Å²) in [7, 11) is 0. The highest BCUT2D eigenvalue weighted by Gasteiger charge is 2.15. The van der Waals surface area contributed by atoms with E-state index in [-0.39, 0.29) is 22.6 Å². The molecule has 2 aromatic heterocycles. The first-order valence-corrected chi connectivity index (χ1v) is 9.77. The maximum absolute atomic E-state index is 14.1. The molecule has 10 nitrogen and oxygen atoms in total. The number of pyridine rings is 1. The molecule has 0 spiro atoms. The number of carbonyl (C=O) groups excluding carboxylic acids is 1. The van der Waals surface area contributed by atoms with Crippen LogP contribution in [-0.4, -0.2) is 25.5 Å². The Hall–Kier alpha value is -4.12. The van der Waals surface area contributed by atoms with Crippen LogP contribution in [0.2, 0.25) is 5.02 Å². The van der Waals surface area contributed by atoms with Crippen LogP contribution in [0.3, 0.4) is 0 Å². The highest BCUT2D eigenvalue weighted by atomic mass is 35.5. The lowest BCUT2D eigenvalue weighted by atomic mass is 10.2. The average Bonchev–Trinajstić information content (AvgIpc) is 3.09. The molecule has 5 N–H and O–H groups in total. The molecule has 2 heterocycles. The van der Waals surface area contributed by atoms with E-state index in [1.807, 2.05) is 6.07 Å². The molecule has 32 heavy (non-hydrogen) atoms. The van der Waals surface area contributed by atoms with E-state index in [4.69, 9.17) is 17.4 Å². The Morgan fingerprint density at radius 1 is 1.22 bits per heavy atom. The molecule has 12 heteroatoms. The number of anilines is 2. The van der Waals surface area contributed by atoms with Gasteiger partial charge in [0.05, 0.1) is 22.5 Å². The molecule has 0 aliphatic rings. The first-order chi connectivity index (χ1) is 15.3. The summed E-state index contributed by atoms with van der Waals surface area (Å²) in [6, 6.07) is 10.6. The van der Waals surface area contributed by atoms with Gasteiger partial charge in [0.1, 0.15) is 17.3 Å². The lowest BCUT2D eigenvalue weighted by molar-refractivity contribution is 0.254. The van der Waals surface area contributed by atoms with Crippen molar-refractivity contribution in [1.29, 1.82) is 0 Å². The van der Waals surface area contributed by atoms with Gasteiger partial charge in [0, 0.05) is 11.9 Å². The molecule has 0 aliphatic heterocycles. The number of hydrogen-bond donors (Lipinski definition) is 4. The van der Waals surface area contributed by atoms with Gasteiger partial charge in [0.25, 0.3) is 0 Å². The minimum atomic E-state index is -0.743. The number of nitrogens with zero attached hydrogens (tertiary/aromatic N) is 4. The Morgan fingerprint density at radius 3 is 2.66 bits per heavy atom. The van der Waals surface area contributed by atoms with Crippen LogP contribution in [-0.2, 0) is 6.54 Å². The molecule has 0 atom stereocenters. The summed E-state index contributed by atoms with van der Waals surface area (Å²) in [6.07, 6.45) is 1.45. The van der Waals surface area contributed by atoms with Gasteiger partial charge in [-0.25, -0.2) is 13.9 Å². The minimum absolute atomic E-state index is 0.00208. The molecule has 2 amide bonds. The lowest BCUT2D eigenvalue weighted by Gasteiger charge is -2.15. The first kappa shape index (κ1) is 21.1. The largest absolute Gasteiger partial charge is 0.337 e. The first-order valence-electron chi connectivity index (χ1n) is 9.39. The molecule has 0 saturated heterocycles. The zero-order valence-corrected chi connectivity index (χ0v) is 17.5. The van der Waals surface area contributed by atoms with Gasteiger partial charge in [0.15, 0.2) is 5.82 Å². The Balaban J connectivity index is 1.68. The summed E-state index contributed by atoms with van der Waals surface area (Å²) in [6.45, 7) is 1.80. The molecule has 0 bridgehead atoms. The zero-order chi connectivity index (χ0) is 22.8. The summed E-state index contributed by atoms with van der Waals surface area (Å²) in [5.74, 6) is 6.08. The van der Waals surface area contributed by atoms with E-state index in [0.717, 1.165) is 6.07 Å². The third-order valence-corrected chi connectivity index (χ3v) is 5.00. The van der Waals surface area contributed by atoms with Crippen molar-refractivity contribution in [2.24, 2.45) is 0 Å². The van der Waals surface area contributed by atoms with Crippen LogP contribution in [0.5, 0.6) is 0 Å². The van der Waals surface area contributed by atoms with Crippen LogP contribution >= 0.6 is 11.6 Å². The van der Waals surface area contributed by atoms with Gasteiger partial charge in [-0.3, -0.25) is 15.6 Å². The molecule has 0 unspecified atom stereocenters. The van der Waals surface area contributed by atoms with E-state index < -0.39 is 17.3 Å². The van der Waals surface area contributed by atoms with E-state index >= 15 is 0 Å². The second-order valence-corrected chi connectivity index (χ2v) is 7.29. The summed E-state index contributed by atoms with van der Waals surface area (Å²) >= 11 is 5.94. The third kappa shape index (κ3) is 4.18. The highest BCUT2D eigenvalue weighted by Crippen LogP contribution is 2.23. The molecule has 0 radical (unpaired) electrons. The second-order valence-electron chi connectivity index (χ2n) is 6.89. The van der Waals surface area contributed by atoms with E-state index in [1.165, 1.54) is 16.9 Å². The summed E-state index contributed by atoms with van der Waals surface area (Å²) in [4.78, 5) is 25.1. The fourth-order valence-corrected chi connectivity index (χ4v) is 3.24. The van der Waals surface area contributed by atoms with Gasteiger partial charge in [-0.2, -0.15) is 0 Å². The van der Waals surface area contributed by atoms with Gasteiger partial charge >= 0.3 is 6.03 Å². The normalized spacial score (nSPS) is 10.8. The van der Waals surface area contributed by atoms with Crippen molar-refractivity contribution in [2.45, 2.75) is 13.5 Å². The van der Waals surface area contributed by atoms with Gasteiger partial charge in [-0.1, -0.05) is 29.8 Å². The second kappa shape index (κ2) is 8.55. The van der Waals surface area contributed by atoms with E-state index in [1.54, 1.807) is 35.8 Å². The molecule has 4 aromatic rings. The maximum Gasteiger partial charge on any atom is 0.337 e. The van der Waals surface area contributed by atoms with Gasteiger partial charge in [-0.15, -0.1) is 10.2 Å². The highest BCUT2D eigenvalue weighted by molar-refractivity contribution is 6.31. The summed E-state index contributed by atoms with van der Waals surface area (Å²) in [5, 5.41) is 10.5. The number of fused-ring (bicyclic) bond motifs is 1. The number of benzene rings is 2. The monoisotopic (exact) mass is 456 g/mol. The molecular weight excluding hydrogens is 439 g/mol. The maximum atomic E-state index is 14.1. The number of nitrogen functional groups attached to an aromatic ring is 1. The minimum Gasteiger partial charge on any atom is -0.337 e. The zero-order valence-electron chi connectivity index (χ0n) is 16.8. The molecule has 164 valence electrons. The number of para-hydroxylation sites is 1. The molecule has 4 rings (SSSR count). The standard InChI is InChI=1S/C20H18ClFN8O2/c1-11-25-27-18(30(11)23)10-29-9-16(19(31)13-7-15(22)14(21)8-17(13)29)26-28-20(32)24-12-5-3-2-4-6-12/h2-9,26H,10,23H2,1H3,(H2,24,28,32). The predicted molar refractivity (Wildman–Crippen MR) is 119 cm³/mol. The number of nitrogens with one attached hydrogen (secondary N) is 3. The van der Waals surface area contributed by atoms with Gasteiger partial charge in [0.2, 0.25) is 5.43 Å². The molecule has 0 saturated carbocycles. The van der Waals surface area contributed by atoms with Crippen molar-refractivity contribution in [3.05, 3.63) is 81.4 Å². The number of halogens is 2. The predicted octanol–water partition coefficient (Wildman–Crippen LogP) is 2.60. The van der Waals surface area contributed by atoms with Crippen molar-refractivity contribution in [3.8, 4) is 0 Å². The van der Waals surface area contributed by atoms with Crippen molar-refractivity contribution < 1.29 is 9.18 Å². The van der Waals surface area contributed by atoms with Crippen LogP contribution in [0.15, 0.2) is 53.5 Å². The number of amides is 2. The number of aromatic nitrogens is 4. The van der Waals surface area contributed by atoms with Crippen molar-refractivity contribution in [3.63, 3.8) is 0 Å². The Bertz CT molecular complexity index is 1370. The van der Waals surface area contributed by atoms with Crippen LogP contribution in [0, 0.1) is 12.7 Å². The number of hydrogen-bond acceptors (Lipinski definition) is 6. The van der Waals surface area contributed by atoms with Crippen molar-refractivity contribution in [2.75, 3.05) is 16.6 Å². The van der Waals surface area contributed by atoms with Crippen LogP contribution in [0.4, 0.5) is 20.6 Å². The van der Waals surface area contributed by atoms with Crippen LogP contribution < -0.4 is 27.4 Å². The van der Waals surface area contributed by atoms with E-state index in [0.29, 0.717) is 22.9 Å². The Morgan fingerprint density at radius 2 is 1.97 bits per heavy atom. The Labute approximate surface area is 185 Å². The number of hydrazine groups is 1. The number of aryl methyl sites for hydroxylation is 1. The lowest BCUT2D eigenvalue weighted by Crippen LogP contribution is -2.35. The molecule has 0 aliphatic carbocycles.